The van der Waals surface area contributed by atoms with Crippen LogP contribution in [0.25, 0.3) is 0 Å². The minimum Gasteiger partial charge on any atom is -0.489 e. The lowest BCUT2D eigenvalue weighted by Crippen LogP contribution is -2.60. The third-order valence-corrected chi connectivity index (χ3v) is 16.2. The van der Waals surface area contributed by atoms with Gasteiger partial charge in [0.15, 0.2) is 0 Å². The van der Waals surface area contributed by atoms with E-state index < -0.39 is 16.9 Å². The molecule has 1 heterocycles. The smallest absolute Gasteiger partial charge is 0.407 e. The number of carboxylic acid groups (broad SMARTS) is 1. The first kappa shape index (κ1) is 40.4. The van der Waals surface area contributed by atoms with Crippen molar-refractivity contribution < 1.29 is 24.2 Å². The van der Waals surface area contributed by atoms with Gasteiger partial charge in [-0.2, -0.15) is 0 Å². The molecule has 3 amide bonds. The average Bonchev–Trinajstić information content (AvgIpc) is 3.19. The highest BCUT2D eigenvalue weighted by molar-refractivity contribution is 6.01. The zero-order valence-electron chi connectivity index (χ0n) is 36.0. The van der Waals surface area contributed by atoms with Crippen LogP contribution in [0.2, 0.25) is 0 Å². The fraction of sp³-hybridized carbons (Fsp3) is 0.580. The van der Waals surface area contributed by atoms with Gasteiger partial charge in [-0.3, -0.25) is 14.9 Å². The molecule has 1 aliphatic heterocycles. The molecule has 4 aliphatic carbocycles. The lowest BCUT2D eigenvalue weighted by molar-refractivity contribution is -0.150. The van der Waals surface area contributed by atoms with Gasteiger partial charge >= 0.3 is 6.09 Å². The number of anilines is 1. The Labute approximate surface area is 346 Å². The maximum Gasteiger partial charge on any atom is 0.407 e. The predicted octanol–water partition coefficient (Wildman–Crippen LogP) is 9.84. The van der Waals surface area contributed by atoms with Crippen molar-refractivity contribution >= 4 is 23.6 Å². The molecule has 2 N–H and O–H groups in total. The quantitative estimate of drug-likeness (QED) is 0.242. The van der Waals surface area contributed by atoms with E-state index in [1.54, 1.807) is 4.90 Å². The fourth-order valence-corrected chi connectivity index (χ4v) is 12.8. The molecule has 58 heavy (non-hydrogen) atoms. The maximum atomic E-state index is 14.8. The molecule has 8 heteroatoms. The van der Waals surface area contributed by atoms with Crippen molar-refractivity contribution in [2.75, 3.05) is 24.5 Å². The second-order valence-corrected chi connectivity index (χ2v) is 20.6. The first-order valence-electron chi connectivity index (χ1n) is 22.0. The van der Waals surface area contributed by atoms with Crippen LogP contribution in [0, 0.1) is 28.1 Å². The summed E-state index contributed by atoms with van der Waals surface area (Å²) in [6.07, 6.45) is 8.19. The number of ether oxygens (including phenoxy) is 1. The van der Waals surface area contributed by atoms with Crippen LogP contribution in [0.5, 0.6) is 5.75 Å². The number of carbonyl (C=O) groups excluding carboxylic acids is 2. The summed E-state index contributed by atoms with van der Waals surface area (Å²) in [6.45, 7) is 17.6. The van der Waals surface area contributed by atoms with Crippen molar-refractivity contribution in [3.05, 3.63) is 94.5 Å². The molecule has 1 saturated heterocycles. The van der Waals surface area contributed by atoms with Gasteiger partial charge in [0.2, 0.25) is 11.8 Å². The zero-order chi connectivity index (χ0) is 41.3. The standard InChI is InChI=1S/C50H65N3O5/c1-46(2,3)42-31-52(27-28-53(42)45(56)57)36-19-15-34-17-21-40-47(4,38(34)29-36)23-11-25-49(40,6)43(54)51-44(55)50(7)26-12-24-48(5)39-30-37(20-16-35(39)18-22-41(48)50)58-32-33-13-9-8-10-14-33/h8-10,13-16,19-20,29-30,40-42H,11-12,17-18,21-28,31-32H2,1-7H3,(H,56,57)(H,51,54,55)/t40-,41-,42?,47-,48-,49+,50+/m1/s1. The molecule has 8 rings (SSSR count). The molecule has 3 aromatic rings. The first-order chi connectivity index (χ1) is 27.5. The third-order valence-electron chi connectivity index (χ3n) is 16.2. The summed E-state index contributed by atoms with van der Waals surface area (Å²) < 4.78 is 6.30. The topological polar surface area (TPSA) is 99.2 Å². The number of amides is 3. The van der Waals surface area contributed by atoms with Crippen LogP contribution in [0.15, 0.2) is 66.7 Å². The van der Waals surface area contributed by atoms with E-state index in [-0.39, 0.29) is 45.9 Å². The largest absolute Gasteiger partial charge is 0.489 e. The number of nitrogens with one attached hydrogen (secondary N) is 1. The molecule has 8 nitrogen and oxygen atoms in total. The van der Waals surface area contributed by atoms with Gasteiger partial charge < -0.3 is 19.6 Å². The molecule has 0 bridgehead atoms. The Morgan fingerprint density at radius 2 is 1.33 bits per heavy atom. The number of carbonyl (C=O) groups is 3. The van der Waals surface area contributed by atoms with Gasteiger partial charge in [-0.25, -0.2) is 4.79 Å². The molecule has 3 aromatic carbocycles. The highest BCUT2D eigenvalue weighted by Gasteiger charge is 2.58. The van der Waals surface area contributed by atoms with E-state index in [0.717, 1.165) is 81.2 Å². The van der Waals surface area contributed by atoms with Crippen LogP contribution in [0.3, 0.4) is 0 Å². The van der Waals surface area contributed by atoms with Gasteiger partial charge in [0.25, 0.3) is 0 Å². The third kappa shape index (κ3) is 6.80. The molecule has 5 aliphatic rings. The first-order valence-corrected chi connectivity index (χ1v) is 22.0. The van der Waals surface area contributed by atoms with E-state index in [4.69, 9.17) is 4.74 Å². The number of benzene rings is 3. The van der Waals surface area contributed by atoms with Crippen molar-refractivity contribution in [2.24, 2.45) is 28.1 Å². The lowest BCUT2D eigenvalue weighted by atomic mass is 9.49. The van der Waals surface area contributed by atoms with Gasteiger partial charge in [-0.1, -0.05) is 104 Å². The second-order valence-electron chi connectivity index (χ2n) is 20.6. The summed E-state index contributed by atoms with van der Waals surface area (Å²) in [7, 11) is 0. The highest BCUT2D eigenvalue weighted by atomic mass is 16.5. The summed E-state index contributed by atoms with van der Waals surface area (Å²) in [5.41, 5.74) is 5.61. The number of hydrogen-bond donors (Lipinski definition) is 2. The molecule has 0 spiro atoms. The summed E-state index contributed by atoms with van der Waals surface area (Å²) in [5, 5.41) is 13.1. The molecule has 0 aromatic heterocycles. The Hall–Kier alpha value is -4.33. The predicted molar refractivity (Wildman–Crippen MR) is 229 cm³/mol. The van der Waals surface area contributed by atoms with Crippen molar-refractivity contribution in [3.63, 3.8) is 0 Å². The molecule has 310 valence electrons. The van der Waals surface area contributed by atoms with E-state index in [0.29, 0.717) is 26.2 Å². The van der Waals surface area contributed by atoms with Crippen molar-refractivity contribution in [1.29, 1.82) is 0 Å². The van der Waals surface area contributed by atoms with E-state index in [1.807, 2.05) is 18.2 Å². The van der Waals surface area contributed by atoms with Crippen LogP contribution < -0.4 is 15.0 Å². The van der Waals surface area contributed by atoms with E-state index >= 15 is 0 Å². The number of nitrogens with zero attached hydrogens (tertiary/aromatic N) is 2. The number of aryl methyl sites for hydroxylation is 2. The van der Waals surface area contributed by atoms with Gasteiger partial charge in [0, 0.05) is 25.3 Å². The lowest BCUT2D eigenvalue weighted by Gasteiger charge is -2.56. The Kier molecular flexibility index (Phi) is 10.3. The Bertz CT molecular complexity index is 2080. The van der Waals surface area contributed by atoms with Gasteiger partial charge in [0.1, 0.15) is 12.4 Å². The summed E-state index contributed by atoms with van der Waals surface area (Å²) >= 11 is 0. The number of imide groups is 1. The zero-order valence-corrected chi connectivity index (χ0v) is 36.0. The highest BCUT2D eigenvalue weighted by Crippen LogP contribution is 2.60. The Balaban J connectivity index is 1.01. The average molecular weight is 788 g/mol. The Morgan fingerprint density at radius 1 is 0.759 bits per heavy atom. The minimum absolute atomic E-state index is 0.0933. The molecule has 0 radical (unpaired) electrons. The Morgan fingerprint density at radius 3 is 1.90 bits per heavy atom. The molecule has 2 saturated carbocycles. The number of fused-ring (bicyclic) bond motifs is 6. The van der Waals surface area contributed by atoms with Crippen molar-refractivity contribution in [1.82, 2.24) is 10.2 Å². The van der Waals surface area contributed by atoms with Gasteiger partial charge in [-0.15, -0.1) is 0 Å². The van der Waals surface area contributed by atoms with Crippen LogP contribution in [0.4, 0.5) is 10.5 Å². The van der Waals surface area contributed by atoms with E-state index in [9.17, 15) is 19.5 Å². The maximum absolute atomic E-state index is 14.8. The van der Waals surface area contributed by atoms with Crippen LogP contribution >= 0.6 is 0 Å². The molecule has 1 unspecified atom stereocenters. The van der Waals surface area contributed by atoms with Crippen molar-refractivity contribution in [3.8, 4) is 5.75 Å². The van der Waals surface area contributed by atoms with Crippen LogP contribution in [-0.2, 0) is 39.9 Å². The number of hydrogen-bond acceptors (Lipinski definition) is 5. The van der Waals surface area contributed by atoms with Crippen LogP contribution in [0.1, 0.15) is 128 Å². The van der Waals surface area contributed by atoms with Gasteiger partial charge in [0.05, 0.1) is 16.9 Å². The minimum atomic E-state index is -0.854. The fourth-order valence-electron chi connectivity index (χ4n) is 12.8. The molecular formula is C50H65N3O5. The summed E-state index contributed by atoms with van der Waals surface area (Å²) in [6, 6.07) is 23.5. The van der Waals surface area contributed by atoms with Crippen LogP contribution in [-0.4, -0.2) is 53.6 Å². The normalized spacial score (nSPS) is 31.9. The summed E-state index contributed by atoms with van der Waals surface area (Å²) in [4.78, 5) is 45.7. The monoisotopic (exact) mass is 787 g/mol. The summed E-state index contributed by atoms with van der Waals surface area (Å²) in [5.74, 6) is 0.857. The van der Waals surface area contributed by atoms with E-state index in [1.165, 1.54) is 22.3 Å². The van der Waals surface area contributed by atoms with E-state index in [2.05, 4.69) is 107 Å². The molecular weight excluding hydrogens is 723 g/mol. The molecule has 3 fully saturated rings. The molecule has 7 atom stereocenters. The number of rotatable bonds is 6. The van der Waals surface area contributed by atoms with Crippen molar-refractivity contribution in [2.45, 2.75) is 136 Å². The van der Waals surface area contributed by atoms with Gasteiger partial charge in [-0.05, 0) is 132 Å². The number of piperazine rings is 1. The second kappa shape index (κ2) is 14.7. The SMILES string of the molecule is CC(C)(C)C1CN(c2ccc3c(c2)[C@@]2(C)CCC[C@](C)(C(=O)NC(=O)[C@@]4(C)CCC[C@]5(C)c6cc(OCc7ccccc7)ccc6CC[C@@H]45)[C@@H]2CC3)CCN1C(=O)O.